The van der Waals surface area contributed by atoms with Crippen LogP contribution in [0.4, 0.5) is 11.4 Å². The number of anilines is 2. The Kier molecular flexibility index (Phi) is 4.41. The molecule has 2 rings (SSSR count). The van der Waals surface area contributed by atoms with Crippen molar-refractivity contribution < 1.29 is 4.79 Å². The van der Waals surface area contributed by atoms with Gasteiger partial charge in [0.05, 0.1) is 0 Å². The Labute approximate surface area is 120 Å². The van der Waals surface area contributed by atoms with Crippen molar-refractivity contribution in [2.75, 3.05) is 17.7 Å². The summed E-state index contributed by atoms with van der Waals surface area (Å²) in [5.41, 5.74) is 4.72. The summed E-state index contributed by atoms with van der Waals surface area (Å²) in [5.74, 6) is -0.0709. The largest absolute Gasteiger partial charge is 0.388 e. The standard InChI is InChI=1S/C17H20N2O/c1-4-13-6-5-7-15(11-13)19-17(20)16-9-8-14(18-3)10-12(16)2/h5-11,18H,4H2,1-3H3,(H,19,20). The molecule has 0 fully saturated rings. The van der Waals surface area contributed by atoms with Crippen molar-refractivity contribution in [3.8, 4) is 0 Å². The normalized spacial score (nSPS) is 10.2. The molecule has 3 heteroatoms. The van der Waals surface area contributed by atoms with E-state index >= 15 is 0 Å². The molecule has 1 amide bonds. The summed E-state index contributed by atoms with van der Waals surface area (Å²) < 4.78 is 0. The zero-order valence-electron chi connectivity index (χ0n) is 12.2. The van der Waals surface area contributed by atoms with E-state index in [9.17, 15) is 4.79 Å². The molecular weight excluding hydrogens is 248 g/mol. The quantitative estimate of drug-likeness (QED) is 0.884. The molecule has 0 aliphatic rings. The summed E-state index contributed by atoms with van der Waals surface area (Å²) in [6.45, 7) is 4.04. The molecule has 2 N–H and O–H groups in total. The molecule has 0 bridgehead atoms. The molecule has 0 unspecified atom stereocenters. The van der Waals surface area contributed by atoms with E-state index in [4.69, 9.17) is 0 Å². The van der Waals surface area contributed by atoms with Crippen molar-refractivity contribution in [3.63, 3.8) is 0 Å². The lowest BCUT2D eigenvalue weighted by Crippen LogP contribution is -2.13. The maximum Gasteiger partial charge on any atom is 0.255 e. The van der Waals surface area contributed by atoms with Crippen LogP contribution in [0.25, 0.3) is 0 Å². The Morgan fingerprint density at radius 3 is 2.55 bits per heavy atom. The van der Waals surface area contributed by atoms with Crippen LogP contribution in [0, 0.1) is 6.92 Å². The number of carbonyl (C=O) groups is 1. The Balaban J connectivity index is 2.19. The van der Waals surface area contributed by atoms with Gasteiger partial charge >= 0.3 is 0 Å². The van der Waals surface area contributed by atoms with E-state index in [1.165, 1.54) is 5.56 Å². The molecule has 0 aromatic heterocycles. The first kappa shape index (κ1) is 14.1. The van der Waals surface area contributed by atoms with Gasteiger partial charge in [-0.3, -0.25) is 4.79 Å². The molecule has 3 nitrogen and oxygen atoms in total. The van der Waals surface area contributed by atoms with Crippen molar-refractivity contribution in [2.24, 2.45) is 0 Å². The van der Waals surface area contributed by atoms with Crippen molar-refractivity contribution in [1.29, 1.82) is 0 Å². The zero-order chi connectivity index (χ0) is 14.5. The van der Waals surface area contributed by atoms with Gasteiger partial charge in [0, 0.05) is 24.0 Å². The minimum Gasteiger partial charge on any atom is -0.388 e. The molecule has 0 saturated heterocycles. The van der Waals surface area contributed by atoms with Gasteiger partial charge in [0.1, 0.15) is 0 Å². The molecular formula is C17H20N2O. The van der Waals surface area contributed by atoms with Crippen LogP contribution >= 0.6 is 0 Å². The van der Waals surface area contributed by atoms with Crippen molar-refractivity contribution in [3.05, 3.63) is 59.2 Å². The zero-order valence-corrected chi connectivity index (χ0v) is 12.2. The molecule has 0 saturated carbocycles. The Bertz CT molecular complexity index is 620. The van der Waals surface area contributed by atoms with Crippen molar-refractivity contribution in [1.82, 2.24) is 0 Å². The second-order valence-corrected chi connectivity index (χ2v) is 4.79. The number of rotatable bonds is 4. The third kappa shape index (κ3) is 3.18. The Hall–Kier alpha value is -2.29. The third-order valence-corrected chi connectivity index (χ3v) is 3.35. The predicted molar refractivity (Wildman–Crippen MR) is 84.5 cm³/mol. The van der Waals surface area contributed by atoms with Crippen LogP contribution in [0.15, 0.2) is 42.5 Å². The summed E-state index contributed by atoms with van der Waals surface area (Å²) >= 11 is 0. The number of benzene rings is 2. The van der Waals surface area contributed by atoms with E-state index in [0.717, 1.165) is 23.4 Å². The fourth-order valence-electron chi connectivity index (χ4n) is 2.14. The number of aryl methyl sites for hydroxylation is 2. The maximum atomic E-state index is 12.3. The average molecular weight is 268 g/mol. The number of hydrogen-bond donors (Lipinski definition) is 2. The van der Waals surface area contributed by atoms with E-state index in [1.54, 1.807) is 0 Å². The van der Waals surface area contributed by atoms with E-state index in [2.05, 4.69) is 23.6 Å². The van der Waals surface area contributed by atoms with Crippen molar-refractivity contribution in [2.45, 2.75) is 20.3 Å². The molecule has 0 heterocycles. The topological polar surface area (TPSA) is 41.1 Å². The Morgan fingerprint density at radius 1 is 1.10 bits per heavy atom. The maximum absolute atomic E-state index is 12.3. The van der Waals surface area contributed by atoms with Crippen LogP contribution in [0.3, 0.4) is 0 Å². The number of carbonyl (C=O) groups excluding carboxylic acids is 1. The van der Waals surface area contributed by atoms with Crippen LogP contribution in [-0.2, 0) is 6.42 Å². The molecule has 0 atom stereocenters. The molecule has 0 radical (unpaired) electrons. The highest BCUT2D eigenvalue weighted by Crippen LogP contribution is 2.17. The van der Waals surface area contributed by atoms with Crippen LogP contribution in [0.5, 0.6) is 0 Å². The number of nitrogens with one attached hydrogen (secondary N) is 2. The fourth-order valence-corrected chi connectivity index (χ4v) is 2.14. The van der Waals surface area contributed by atoms with Gasteiger partial charge in [-0.2, -0.15) is 0 Å². The van der Waals surface area contributed by atoms with Gasteiger partial charge < -0.3 is 10.6 Å². The first-order valence-electron chi connectivity index (χ1n) is 6.82. The van der Waals surface area contributed by atoms with Gasteiger partial charge in [0.15, 0.2) is 0 Å². The van der Waals surface area contributed by atoms with Gasteiger partial charge in [-0.1, -0.05) is 19.1 Å². The van der Waals surface area contributed by atoms with Crippen LogP contribution in [-0.4, -0.2) is 13.0 Å². The van der Waals surface area contributed by atoms with E-state index in [1.807, 2.05) is 50.4 Å². The highest BCUT2D eigenvalue weighted by atomic mass is 16.1. The molecule has 104 valence electrons. The minimum atomic E-state index is -0.0709. The van der Waals surface area contributed by atoms with Crippen molar-refractivity contribution >= 4 is 17.3 Å². The molecule has 0 spiro atoms. The second-order valence-electron chi connectivity index (χ2n) is 4.79. The predicted octanol–water partition coefficient (Wildman–Crippen LogP) is 3.85. The number of hydrogen-bond acceptors (Lipinski definition) is 2. The lowest BCUT2D eigenvalue weighted by molar-refractivity contribution is 0.102. The first-order valence-corrected chi connectivity index (χ1v) is 6.82. The van der Waals surface area contributed by atoms with Crippen LogP contribution in [0.2, 0.25) is 0 Å². The Morgan fingerprint density at radius 2 is 1.90 bits per heavy atom. The number of amides is 1. The monoisotopic (exact) mass is 268 g/mol. The van der Waals surface area contributed by atoms with Gasteiger partial charge in [-0.15, -0.1) is 0 Å². The summed E-state index contributed by atoms with van der Waals surface area (Å²) in [6.07, 6.45) is 0.958. The molecule has 2 aromatic carbocycles. The molecule has 0 aliphatic heterocycles. The van der Waals surface area contributed by atoms with E-state index < -0.39 is 0 Å². The van der Waals surface area contributed by atoms with Gasteiger partial charge in [0.2, 0.25) is 0 Å². The fraction of sp³-hybridized carbons (Fsp3) is 0.235. The van der Waals surface area contributed by atoms with E-state index in [-0.39, 0.29) is 5.91 Å². The highest BCUT2D eigenvalue weighted by molar-refractivity contribution is 6.05. The lowest BCUT2D eigenvalue weighted by Gasteiger charge is -2.10. The summed E-state index contributed by atoms with van der Waals surface area (Å²) in [5, 5.41) is 6.02. The van der Waals surface area contributed by atoms with Crippen LogP contribution in [0.1, 0.15) is 28.4 Å². The van der Waals surface area contributed by atoms with Gasteiger partial charge in [-0.25, -0.2) is 0 Å². The average Bonchev–Trinajstić information content (AvgIpc) is 2.47. The van der Waals surface area contributed by atoms with Crippen LogP contribution < -0.4 is 10.6 Å². The smallest absolute Gasteiger partial charge is 0.255 e. The summed E-state index contributed by atoms with van der Waals surface area (Å²) in [7, 11) is 1.87. The SMILES string of the molecule is CCc1cccc(NC(=O)c2ccc(NC)cc2C)c1. The third-order valence-electron chi connectivity index (χ3n) is 3.35. The van der Waals surface area contributed by atoms with Gasteiger partial charge in [0.25, 0.3) is 5.91 Å². The highest BCUT2D eigenvalue weighted by Gasteiger charge is 2.09. The van der Waals surface area contributed by atoms with Gasteiger partial charge in [-0.05, 0) is 54.8 Å². The first-order chi connectivity index (χ1) is 9.63. The lowest BCUT2D eigenvalue weighted by atomic mass is 10.1. The second kappa shape index (κ2) is 6.24. The molecule has 0 aliphatic carbocycles. The summed E-state index contributed by atoms with van der Waals surface area (Å²) in [4.78, 5) is 12.3. The molecule has 2 aromatic rings. The molecule has 20 heavy (non-hydrogen) atoms. The summed E-state index contributed by atoms with van der Waals surface area (Å²) in [6, 6.07) is 13.7. The van der Waals surface area contributed by atoms with E-state index in [0.29, 0.717) is 5.56 Å². The minimum absolute atomic E-state index is 0.0709.